The van der Waals surface area contributed by atoms with E-state index in [9.17, 15) is 4.79 Å². The van der Waals surface area contributed by atoms with Crippen LogP contribution in [0.3, 0.4) is 0 Å². The molecular formula is C16H13NO. The number of hydrogen-bond acceptors (Lipinski definition) is 2. The minimum absolute atomic E-state index is 0.124. The smallest absolute Gasteiger partial charge is 0.150 e. The van der Waals surface area contributed by atoms with Crippen LogP contribution in [-0.4, -0.2) is 6.29 Å². The van der Waals surface area contributed by atoms with Gasteiger partial charge in [0.1, 0.15) is 0 Å². The van der Waals surface area contributed by atoms with Crippen LogP contribution in [0, 0.1) is 0 Å². The molecule has 0 aromatic heterocycles. The first-order chi connectivity index (χ1) is 8.76. The van der Waals surface area contributed by atoms with Gasteiger partial charge in [0.05, 0.1) is 0 Å². The standard InChI is InChI=1S/C16H13NO/c1-2-12-13-5-3-4-10(9-18)16(13)14-7-6-11(17)8-15(12)14/h2-9,12H,1,17H2. The second-order valence-electron chi connectivity index (χ2n) is 4.49. The van der Waals surface area contributed by atoms with Crippen molar-refractivity contribution >= 4 is 12.0 Å². The molecule has 0 aliphatic heterocycles. The fraction of sp³-hybridized carbons (Fsp3) is 0.0625. The molecule has 2 N–H and O–H groups in total. The molecule has 2 aromatic rings. The fourth-order valence-electron chi connectivity index (χ4n) is 2.74. The molecule has 1 atom stereocenters. The maximum absolute atomic E-state index is 11.2. The van der Waals surface area contributed by atoms with E-state index in [1.807, 2.05) is 42.5 Å². The molecule has 2 aromatic carbocycles. The maximum atomic E-state index is 11.2. The van der Waals surface area contributed by atoms with E-state index in [4.69, 9.17) is 5.73 Å². The van der Waals surface area contributed by atoms with E-state index < -0.39 is 0 Å². The number of aldehydes is 1. The Kier molecular flexibility index (Phi) is 2.30. The Balaban J connectivity index is 2.38. The number of allylic oxidation sites excluding steroid dienone is 1. The third kappa shape index (κ3) is 1.32. The van der Waals surface area contributed by atoms with Gasteiger partial charge in [-0.1, -0.05) is 30.3 Å². The number of nitrogen functional groups attached to an aromatic ring is 1. The second kappa shape index (κ2) is 3.84. The molecule has 2 heteroatoms. The predicted molar refractivity (Wildman–Crippen MR) is 73.7 cm³/mol. The molecule has 0 saturated carbocycles. The highest BCUT2D eigenvalue weighted by Crippen LogP contribution is 2.47. The van der Waals surface area contributed by atoms with Crippen molar-refractivity contribution in [1.82, 2.24) is 0 Å². The van der Waals surface area contributed by atoms with Crippen molar-refractivity contribution in [3.63, 3.8) is 0 Å². The highest BCUT2D eigenvalue weighted by molar-refractivity contribution is 5.94. The predicted octanol–water partition coefficient (Wildman–Crippen LogP) is 3.38. The van der Waals surface area contributed by atoms with Gasteiger partial charge in [-0.05, 0) is 34.4 Å². The van der Waals surface area contributed by atoms with Gasteiger partial charge in [-0.3, -0.25) is 4.79 Å². The summed E-state index contributed by atoms with van der Waals surface area (Å²) in [7, 11) is 0. The van der Waals surface area contributed by atoms with Crippen LogP contribution in [0.1, 0.15) is 27.4 Å². The molecule has 1 aliphatic carbocycles. The summed E-state index contributed by atoms with van der Waals surface area (Å²) in [5, 5.41) is 0. The van der Waals surface area contributed by atoms with E-state index in [2.05, 4.69) is 6.58 Å². The van der Waals surface area contributed by atoms with Crippen LogP contribution in [0.25, 0.3) is 11.1 Å². The summed E-state index contributed by atoms with van der Waals surface area (Å²) in [6.45, 7) is 3.90. The number of hydrogen-bond donors (Lipinski definition) is 1. The molecule has 0 amide bonds. The van der Waals surface area contributed by atoms with Crippen molar-refractivity contribution in [2.75, 3.05) is 5.73 Å². The third-order valence-electron chi connectivity index (χ3n) is 3.51. The Morgan fingerprint density at radius 1 is 1.17 bits per heavy atom. The zero-order valence-electron chi connectivity index (χ0n) is 9.89. The summed E-state index contributed by atoms with van der Waals surface area (Å²) in [4.78, 5) is 11.2. The number of carbonyl (C=O) groups is 1. The summed E-state index contributed by atoms with van der Waals surface area (Å²) in [6, 6.07) is 11.6. The number of rotatable bonds is 2. The molecule has 0 heterocycles. The molecule has 0 radical (unpaired) electrons. The molecule has 0 saturated heterocycles. The molecule has 0 fully saturated rings. The number of anilines is 1. The third-order valence-corrected chi connectivity index (χ3v) is 3.51. The van der Waals surface area contributed by atoms with Crippen molar-refractivity contribution < 1.29 is 4.79 Å². The normalized spacial score (nSPS) is 15.9. The largest absolute Gasteiger partial charge is 0.399 e. The van der Waals surface area contributed by atoms with Crippen LogP contribution in [0.5, 0.6) is 0 Å². The van der Waals surface area contributed by atoms with Gasteiger partial charge in [-0.15, -0.1) is 6.58 Å². The van der Waals surface area contributed by atoms with Gasteiger partial charge in [0.15, 0.2) is 6.29 Å². The minimum atomic E-state index is 0.124. The number of nitrogens with two attached hydrogens (primary N) is 1. The van der Waals surface area contributed by atoms with E-state index in [0.717, 1.165) is 39.8 Å². The molecule has 88 valence electrons. The highest BCUT2D eigenvalue weighted by atomic mass is 16.1. The van der Waals surface area contributed by atoms with Crippen LogP contribution < -0.4 is 5.73 Å². The van der Waals surface area contributed by atoms with Crippen molar-refractivity contribution in [2.45, 2.75) is 5.92 Å². The lowest BCUT2D eigenvalue weighted by molar-refractivity contribution is 0.112. The zero-order valence-corrected chi connectivity index (χ0v) is 9.89. The van der Waals surface area contributed by atoms with Gasteiger partial charge in [0.25, 0.3) is 0 Å². The van der Waals surface area contributed by atoms with E-state index in [1.165, 1.54) is 0 Å². The van der Waals surface area contributed by atoms with Gasteiger partial charge >= 0.3 is 0 Å². The topological polar surface area (TPSA) is 43.1 Å². The second-order valence-corrected chi connectivity index (χ2v) is 4.49. The average Bonchev–Trinajstić information content (AvgIpc) is 2.71. The Hall–Kier alpha value is -2.35. The van der Waals surface area contributed by atoms with Crippen LogP contribution >= 0.6 is 0 Å². The van der Waals surface area contributed by atoms with Gasteiger partial charge in [0.2, 0.25) is 0 Å². The Bertz CT molecular complexity index is 658. The monoisotopic (exact) mass is 235 g/mol. The summed E-state index contributed by atoms with van der Waals surface area (Å²) < 4.78 is 0. The number of benzene rings is 2. The lowest BCUT2D eigenvalue weighted by Crippen LogP contribution is -1.93. The van der Waals surface area contributed by atoms with E-state index >= 15 is 0 Å². The lowest BCUT2D eigenvalue weighted by atomic mass is 9.96. The maximum Gasteiger partial charge on any atom is 0.150 e. The zero-order chi connectivity index (χ0) is 12.7. The molecule has 0 bridgehead atoms. The molecule has 2 nitrogen and oxygen atoms in total. The van der Waals surface area contributed by atoms with E-state index in [1.54, 1.807) is 0 Å². The Morgan fingerprint density at radius 2 is 2.00 bits per heavy atom. The number of fused-ring (bicyclic) bond motifs is 3. The van der Waals surface area contributed by atoms with Gasteiger partial charge in [-0.2, -0.15) is 0 Å². The van der Waals surface area contributed by atoms with Crippen LogP contribution in [0.4, 0.5) is 5.69 Å². The summed E-state index contributed by atoms with van der Waals surface area (Å²) in [5.74, 6) is 0.124. The van der Waals surface area contributed by atoms with Gasteiger partial charge < -0.3 is 5.73 Å². The first-order valence-electron chi connectivity index (χ1n) is 5.86. The quantitative estimate of drug-likeness (QED) is 0.492. The molecular weight excluding hydrogens is 222 g/mol. The minimum Gasteiger partial charge on any atom is -0.399 e. The van der Waals surface area contributed by atoms with Crippen LogP contribution in [0.2, 0.25) is 0 Å². The lowest BCUT2D eigenvalue weighted by Gasteiger charge is -2.07. The molecule has 1 unspecified atom stereocenters. The van der Waals surface area contributed by atoms with Crippen molar-refractivity contribution in [3.8, 4) is 11.1 Å². The summed E-state index contributed by atoms with van der Waals surface area (Å²) in [6.07, 6.45) is 2.81. The fourth-order valence-corrected chi connectivity index (χ4v) is 2.74. The van der Waals surface area contributed by atoms with Gasteiger partial charge in [-0.25, -0.2) is 0 Å². The highest BCUT2D eigenvalue weighted by Gasteiger charge is 2.28. The Labute approximate surface area is 106 Å². The SMILES string of the molecule is C=CC1c2cc(N)ccc2-c2c(C=O)cccc21. The summed E-state index contributed by atoms with van der Waals surface area (Å²) >= 11 is 0. The van der Waals surface area contributed by atoms with Crippen LogP contribution in [-0.2, 0) is 0 Å². The van der Waals surface area contributed by atoms with Crippen molar-refractivity contribution in [2.24, 2.45) is 0 Å². The average molecular weight is 235 g/mol. The molecule has 1 aliphatic rings. The Morgan fingerprint density at radius 3 is 2.72 bits per heavy atom. The van der Waals surface area contributed by atoms with Crippen LogP contribution in [0.15, 0.2) is 49.1 Å². The van der Waals surface area contributed by atoms with Crippen molar-refractivity contribution in [3.05, 3.63) is 65.7 Å². The van der Waals surface area contributed by atoms with E-state index in [0.29, 0.717) is 0 Å². The van der Waals surface area contributed by atoms with Crippen molar-refractivity contribution in [1.29, 1.82) is 0 Å². The first-order valence-corrected chi connectivity index (χ1v) is 5.86. The van der Waals surface area contributed by atoms with E-state index in [-0.39, 0.29) is 5.92 Å². The van der Waals surface area contributed by atoms with Gasteiger partial charge in [0, 0.05) is 17.2 Å². The number of carbonyl (C=O) groups excluding carboxylic acids is 1. The molecule has 0 spiro atoms. The molecule has 3 rings (SSSR count). The molecule has 18 heavy (non-hydrogen) atoms. The first kappa shape index (κ1) is 10.8. The summed E-state index contributed by atoms with van der Waals surface area (Å²) in [5.41, 5.74) is 11.7.